The molecule has 34 heavy (non-hydrogen) atoms. The number of nitrogens with zero attached hydrogens (tertiary/aromatic N) is 1. The number of carbonyl (C=O) groups excluding carboxylic acids is 1. The number of carbonyl (C=O) groups is 1. The molecule has 1 saturated heterocycles. The van der Waals surface area contributed by atoms with Crippen LogP contribution in [0.25, 0.3) is 22.3 Å². The Hall–Kier alpha value is -2.95. The molecule has 1 amide bonds. The van der Waals surface area contributed by atoms with Gasteiger partial charge in [-0.05, 0) is 30.3 Å². The lowest BCUT2D eigenvalue weighted by molar-refractivity contribution is 0.0281. The van der Waals surface area contributed by atoms with Gasteiger partial charge in [0.1, 0.15) is 17.2 Å². The van der Waals surface area contributed by atoms with Gasteiger partial charge < -0.3 is 19.8 Å². The second-order valence-corrected chi connectivity index (χ2v) is 9.61. The van der Waals surface area contributed by atoms with E-state index in [1.807, 2.05) is 13.8 Å². The molecule has 0 saturated carbocycles. The molecular weight excluding hydrogens is 461 g/mol. The topological polar surface area (TPSA) is 101 Å². The number of amides is 1. The van der Waals surface area contributed by atoms with Crippen molar-refractivity contribution in [2.45, 2.75) is 20.0 Å². The van der Waals surface area contributed by atoms with Crippen LogP contribution in [0.5, 0.6) is 0 Å². The SMILES string of the molecule is CC.CNC(=O)c1c(-c2ccc(F)cc2)oc2cc(N(C)S(C)(=O)=O)c(C3CNCCO3)cc12. The third-order valence-electron chi connectivity index (χ3n) is 5.51. The first-order valence-corrected chi connectivity index (χ1v) is 12.9. The van der Waals surface area contributed by atoms with E-state index < -0.39 is 21.9 Å². The van der Waals surface area contributed by atoms with E-state index in [-0.39, 0.29) is 17.2 Å². The van der Waals surface area contributed by atoms with Crippen molar-refractivity contribution < 1.29 is 26.8 Å². The molecule has 184 valence electrons. The first-order valence-electron chi connectivity index (χ1n) is 11.1. The monoisotopic (exact) mass is 491 g/mol. The molecule has 1 aliphatic heterocycles. The third-order valence-corrected chi connectivity index (χ3v) is 6.70. The second-order valence-electron chi connectivity index (χ2n) is 7.59. The Morgan fingerprint density at radius 1 is 1.21 bits per heavy atom. The molecule has 0 aliphatic carbocycles. The Labute approximate surface area is 199 Å². The van der Waals surface area contributed by atoms with Gasteiger partial charge in [-0.1, -0.05) is 13.8 Å². The summed E-state index contributed by atoms with van der Waals surface area (Å²) in [5, 5.41) is 6.37. The van der Waals surface area contributed by atoms with Crippen LogP contribution in [0.2, 0.25) is 0 Å². The van der Waals surface area contributed by atoms with E-state index in [4.69, 9.17) is 9.15 Å². The molecule has 0 radical (unpaired) electrons. The molecule has 8 nitrogen and oxygen atoms in total. The molecule has 1 fully saturated rings. The van der Waals surface area contributed by atoms with Gasteiger partial charge in [0.25, 0.3) is 5.91 Å². The van der Waals surface area contributed by atoms with Gasteiger partial charge in [0, 0.05) is 49.8 Å². The smallest absolute Gasteiger partial charge is 0.255 e. The van der Waals surface area contributed by atoms with Crippen LogP contribution in [0.15, 0.2) is 40.8 Å². The van der Waals surface area contributed by atoms with Gasteiger partial charge in [0.15, 0.2) is 0 Å². The first-order chi connectivity index (χ1) is 16.2. The average molecular weight is 492 g/mol. The fraction of sp³-hybridized carbons (Fsp3) is 0.375. The van der Waals surface area contributed by atoms with Crippen molar-refractivity contribution in [1.29, 1.82) is 0 Å². The molecular formula is C24H30FN3O5S. The standard InChI is InChI=1S/C22H24FN3O5S.C2H6/c1-24-22(27)20-16-10-15(19-12-25-8-9-30-19)17(26(2)32(3,28)29)11-18(16)31-21(20)13-4-6-14(23)7-5-13;1-2/h4-7,10-11,19,25H,8-9,12H2,1-3H3,(H,24,27);1-2H3. The van der Waals surface area contributed by atoms with Gasteiger partial charge in [-0.15, -0.1) is 0 Å². The van der Waals surface area contributed by atoms with Crippen LogP contribution in [0, 0.1) is 5.82 Å². The van der Waals surface area contributed by atoms with Crippen molar-refractivity contribution >= 4 is 32.6 Å². The number of hydrogen-bond acceptors (Lipinski definition) is 6. The van der Waals surface area contributed by atoms with Crippen LogP contribution in [0.3, 0.4) is 0 Å². The number of fused-ring (bicyclic) bond motifs is 1. The summed E-state index contributed by atoms with van der Waals surface area (Å²) in [4.78, 5) is 12.8. The van der Waals surface area contributed by atoms with E-state index in [0.29, 0.717) is 47.5 Å². The number of rotatable bonds is 5. The number of ether oxygens (including phenoxy) is 1. The fourth-order valence-electron chi connectivity index (χ4n) is 3.78. The zero-order valence-corrected chi connectivity index (χ0v) is 20.8. The maximum Gasteiger partial charge on any atom is 0.255 e. The summed E-state index contributed by atoms with van der Waals surface area (Å²) >= 11 is 0. The highest BCUT2D eigenvalue weighted by Gasteiger charge is 2.28. The minimum Gasteiger partial charge on any atom is -0.455 e. The number of sulfonamides is 1. The van der Waals surface area contributed by atoms with E-state index in [2.05, 4.69) is 10.6 Å². The predicted octanol–water partition coefficient (Wildman–Crippen LogP) is 3.68. The Morgan fingerprint density at radius 3 is 2.44 bits per heavy atom. The lowest BCUT2D eigenvalue weighted by atomic mass is 9.99. The van der Waals surface area contributed by atoms with Crippen LogP contribution in [0.1, 0.15) is 35.9 Å². The Balaban J connectivity index is 0.00000158. The summed E-state index contributed by atoms with van der Waals surface area (Å²) in [6.45, 7) is 5.66. The lowest BCUT2D eigenvalue weighted by Crippen LogP contribution is -2.35. The molecule has 1 atom stereocenters. The summed E-state index contributed by atoms with van der Waals surface area (Å²) in [5.74, 6) is -0.513. The number of benzene rings is 2. The number of hydrogen-bond donors (Lipinski definition) is 2. The zero-order valence-electron chi connectivity index (χ0n) is 19.9. The summed E-state index contributed by atoms with van der Waals surface area (Å²) in [5.41, 5.74) is 2.16. The maximum absolute atomic E-state index is 13.5. The van der Waals surface area contributed by atoms with E-state index in [0.717, 1.165) is 6.26 Å². The summed E-state index contributed by atoms with van der Waals surface area (Å²) in [6.07, 6.45) is 0.706. The molecule has 0 bridgehead atoms. The number of morpholine rings is 1. The van der Waals surface area contributed by atoms with Crippen LogP contribution in [-0.4, -0.2) is 54.4 Å². The predicted molar refractivity (Wildman–Crippen MR) is 131 cm³/mol. The van der Waals surface area contributed by atoms with Crippen LogP contribution in [-0.2, 0) is 14.8 Å². The molecule has 1 unspecified atom stereocenters. The highest BCUT2D eigenvalue weighted by Crippen LogP contribution is 2.40. The van der Waals surface area contributed by atoms with Crippen molar-refractivity contribution in [2.75, 3.05) is 44.4 Å². The molecule has 4 rings (SSSR count). The highest BCUT2D eigenvalue weighted by molar-refractivity contribution is 7.92. The molecule has 2 heterocycles. The Bertz CT molecular complexity index is 1270. The zero-order chi connectivity index (χ0) is 25.0. The maximum atomic E-state index is 13.5. The van der Waals surface area contributed by atoms with E-state index in [1.165, 1.54) is 42.7 Å². The first kappa shape index (κ1) is 25.7. The highest BCUT2D eigenvalue weighted by atomic mass is 32.2. The van der Waals surface area contributed by atoms with Gasteiger partial charge in [0.2, 0.25) is 10.0 Å². The molecule has 2 aromatic carbocycles. The van der Waals surface area contributed by atoms with Gasteiger partial charge >= 0.3 is 0 Å². The molecule has 3 aromatic rings. The van der Waals surface area contributed by atoms with Gasteiger partial charge in [-0.2, -0.15) is 0 Å². The van der Waals surface area contributed by atoms with Crippen molar-refractivity contribution in [2.24, 2.45) is 0 Å². The summed E-state index contributed by atoms with van der Waals surface area (Å²) in [6, 6.07) is 8.96. The van der Waals surface area contributed by atoms with Crippen molar-refractivity contribution in [1.82, 2.24) is 10.6 Å². The summed E-state index contributed by atoms with van der Waals surface area (Å²) < 4.78 is 51.2. The molecule has 1 aliphatic rings. The van der Waals surface area contributed by atoms with Crippen LogP contribution >= 0.6 is 0 Å². The molecule has 2 N–H and O–H groups in total. The van der Waals surface area contributed by atoms with Crippen molar-refractivity contribution in [3.05, 3.63) is 53.3 Å². The number of anilines is 1. The largest absolute Gasteiger partial charge is 0.455 e. The summed E-state index contributed by atoms with van der Waals surface area (Å²) in [7, 11) is -0.604. The molecule has 10 heteroatoms. The van der Waals surface area contributed by atoms with E-state index in [1.54, 1.807) is 12.1 Å². The molecule has 0 spiro atoms. The average Bonchev–Trinajstić information content (AvgIpc) is 3.22. The van der Waals surface area contributed by atoms with Crippen molar-refractivity contribution in [3.63, 3.8) is 0 Å². The minimum atomic E-state index is -3.57. The van der Waals surface area contributed by atoms with Gasteiger partial charge in [0.05, 0.1) is 30.2 Å². The Morgan fingerprint density at radius 2 is 1.88 bits per heavy atom. The van der Waals surface area contributed by atoms with Crippen LogP contribution < -0.4 is 14.9 Å². The number of nitrogens with one attached hydrogen (secondary N) is 2. The Kier molecular flexibility index (Phi) is 7.96. The molecule has 1 aromatic heterocycles. The second kappa shape index (κ2) is 10.5. The van der Waals surface area contributed by atoms with Gasteiger partial charge in [-0.25, -0.2) is 12.8 Å². The van der Waals surface area contributed by atoms with E-state index in [9.17, 15) is 17.6 Å². The van der Waals surface area contributed by atoms with Crippen LogP contribution in [0.4, 0.5) is 10.1 Å². The third kappa shape index (κ3) is 5.08. The van der Waals surface area contributed by atoms with E-state index >= 15 is 0 Å². The van der Waals surface area contributed by atoms with Crippen molar-refractivity contribution in [3.8, 4) is 11.3 Å². The quantitative estimate of drug-likeness (QED) is 0.565. The number of halogens is 1. The van der Waals surface area contributed by atoms with Gasteiger partial charge in [-0.3, -0.25) is 9.10 Å². The normalized spacial score (nSPS) is 16.0. The number of furan rings is 1. The minimum absolute atomic E-state index is 0.271. The lowest BCUT2D eigenvalue weighted by Gasteiger charge is -2.28. The fourth-order valence-corrected chi connectivity index (χ4v) is 4.29.